The second kappa shape index (κ2) is 3.97. The van der Waals surface area contributed by atoms with Crippen LogP contribution in [0, 0.1) is 0 Å². The van der Waals surface area contributed by atoms with Gasteiger partial charge in [-0.2, -0.15) is 0 Å². The smallest absolute Gasteiger partial charge is 0.234 e. The molecule has 0 bridgehead atoms. The number of benzene rings is 1. The first kappa shape index (κ1) is 11.3. The Morgan fingerprint density at radius 2 is 2.19 bits per heavy atom. The largest absolute Gasteiger partial charge is 0.398 e. The first-order chi connectivity index (χ1) is 7.56. The molecule has 0 atom stereocenters. The fraction of sp³-hybridized carbons (Fsp3) is 0.455. The highest BCUT2D eigenvalue weighted by atomic mass is 32.2. The summed E-state index contributed by atoms with van der Waals surface area (Å²) >= 11 is 0. The minimum absolute atomic E-state index is 0.126. The summed E-state index contributed by atoms with van der Waals surface area (Å²) < 4.78 is 25.3. The Labute approximate surface area is 96.1 Å². The summed E-state index contributed by atoms with van der Waals surface area (Å²) in [5.41, 5.74) is 8.28. The van der Waals surface area contributed by atoms with E-state index in [1.54, 1.807) is 13.0 Å². The molecule has 4 nitrogen and oxygen atoms in total. The topological polar surface area (TPSA) is 63.4 Å². The number of fused-ring (bicyclic) bond motifs is 1. The molecule has 0 saturated heterocycles. The zero-order valence-electron chi connectivity index (χ0n) is 9.31. The van der Waals surface area contributed by atoms with Crippen LogP contribution in [-0.2, 0) is 16.4 Å². The SMILES string of the molecule is CCS(=O)(=O)N1CCCc2c(N)cccc21. The highest BCUT2D eigenvalue weighted by molar-refractivity contribution is 7.92. The third-order valence-electron chi connectivity index (χ3n) is 2.94. The molecule has 0 aromatic heterocycles. The van der Waals surface area contributed by atoms with Gasteiger partial charge in [-0.1, -0.05) is 6.07 Å². The maximum absolute atomic E-state index is 11.9. The van der Waals surface area contributed by atoms with Crippen LogP contribution in [0.15, 0.2) is 18.2 Å². The molecule has 16 heavy (non-hydrogen) atoms. The summed E-state index contributed by atoms with van der Waals surface area (Å²) in [5.74, 6) is 0.126. The summed E-state index contributed by atoms with van der Waals surface area (Å²) in [6.07, 6.45) is 1.69. The summed E-state index contributed by atoms with van der Waals surface area (Å²) in [5, 5.41) is 0. The maximum atomic E-state index is 11.9. The van der Waals surface area contributed by atoms with Gasteiger partial charge in [0.05, 0.1) is 11.4 Å². The van der Waals surface area contributed by atoms with Gasteiger partial charge in [0.25, 0.3) is 0 Å². The molecule has 0 unspecified atom stereocenters. The lowest BCUT2D eigenvalue weighted by molar-refractivity contribution is 0.588. The van der Waals surface area contributed by atoms with E-state index in [9.17, 15) is 8.42 Å². The van der Waals surface area contributed by atoms with Crippen LogP contribution >= 0.6 is 0 Å². The molecule has 5 heteroatoms. The zero-order valence-corrected chi connectivity index (χ0v) is 10.1. The van der Waals surface area contributed by atoms with Gasteiger partial charge in [-0.15, -0.1) is 0 Å². The molecule has 1 aliphatic heterocycles. The number of sulfonamides is 1. The van der Waals surface area contributed by atoms with E-state index in [4.69, 9.17) is 5.73 Å². The first-order valence-electron chi connectivity index (χ1n) is 5.44. The Balaban J connectivity index is 2.53. The van der Waals surface area contributed by atoms with E-state index >= 15 is 0 Å². The number of hydrogen-bond acceptors (Lipinski definition) is 3. The lowest BCUT2D eigenvalue weighted by Crippen LogP contribution is -2.36. The quantitative estimate of drug-likeness (QED) is 0.794. The van der Waals surface area contributed by atoms with Gasteiger partial charge in [0.1, 0.15) is 0 Å². The van der Waals surface area contributed by atoms with E-state index in [1.807, 2.05) is 12.1 Å². The van der Waals surface area contributed by atoms with E-state index in [0.717, 1.165) is 24.1 Å². The van der Waals surface area contributed by atoms with Crippen molar-refractivity contribution >= 4 is 21.4 Å². The Morgan fingerprint density at radius 3 is 2.88 bits per heavy atom. The van der Waals surface area contributed by atoms with Gasteiger partial charge >= 0.3 is 0 Å². The third kappa shape index (κ3) is 1.75. The average Bonchev–Trinajstić information content (AvgIpc) is 2.29. The molecule has 2 N–H and O–H groups in total. The van der Waals surface area contributed by atoms with Gasteiger partial charge in [0, 0.05) is 12.2 Å². The van der Waals surface area contributed by atoms with Crippen molar-refractivity contribution in [1.82, 2.24) is 0 Å². The molecule has 1 aliphatic rings. The molecule has 0 amide bonds. The van der Waals surface area contributed by atoms with Crippen molar-refractivity contribution in [2.75, 3.05) is 22.3 Å². The number of nitrogens with two attached hydrogens (primary N) is 1. The van der Waals surface area contributed by atoms with Crippen molar-refractivity contribution < 1.29 is 8.42 Å². The van der Waals surface area contributed by atoms with Gasteiger partial charge < -0.3 is 5.73 Å². The van der Waals surface area contributed by atoms with Gasteiger partial charge in [-0.05, 0) is 37.5 Å². The van der Waals surface area contributed by atoms with E-state index in [-0.39, 0.29) is 5.75 Å². The van der Waals surface area contributed by atoms with Crippen molar-refractivity contribution in [2.45, 2.75) is 19.8 Å². The molecule has 0 saturated carbocycles. The fourth-order valence-electron chi connectivity index (χ4n) is 2.06. The molecular weight excluding hydrogens is 224 g/mol. The Morgan fingerprint density at radius 1 is 1.44 bits per heavy atom. The average molecular weight is 240 g/mol. The van der Waals surface area contributed by atoms with Gasteiger partial charge in [0.2, 0.25) is 10.0 Å². The first-order valence-corrected chi connectivity index (χ1v) is 7.05. The molecule has 88 valence electrons. The van der Waals surface area contributed by atoms with Crippen LogP contribution in [-0.4, -0.2) is 20.7 Å². The van der Waals surface area contributed by atoms with E-state index in [2.05, 4.69) is 0 Å². The predicted molar refractivity (Wildman–Crippen MR) is 66.0 cm³/mol. The summed E-state index contributed by atoms with van der Waals surface area (Å²) in [7, 11) is -3.17. The molecule has 2 rings (SSSR count). The number of rotatable bonds is 2. The monoisotopic (exact) mass is 240 g/mol. The Kier molecular flexibility index (Phi) is 2.80. The van der Waals surface area contributed by atoms with Gasteiger partial charge in [-0.3, -0.25) is 4.31 Å². The predicted octanol–water partition coefficient (Wildman–Crippen LogP) is 1.37. The Hall–Kier alpha value is -1.23. The van der Waals surface area contributed by atoms with Crippen molar-refractivity contribution in [3.63, 3.8) is 0 Å². The number of anilines is 2. The van der Waals surface area contributed by atoms with Crippen molar-refractivity contribution in [2.24, 2.45) is 0 Å². The summed E-state index contributed by atoms with van der Waals surface area (Å²) in [6, 6.07) is 5.45. The molecule has 1 aromatic carbocycles. The van der Waals surface area contributed by atoms with E-state index in [1.165, 1.54) is 4.31 Å². The van der Waals surface area contributed by atoms with Crippen LogP contribution in [0.25, 0.3) is 0 Å². The van der Waals surface area contributed by atoms with Crippen molar-refractivity contribution in [1.29, 1.82) is 0 Å². The minimum Gasteiger partial charge on any atom is -0.398 e. The number of nitrogen functional groups attached to an aromatic ring is 1. The zero-order chi connectivity index (χ0) is 11.8. The molecule has 0 spiro atoms. The van der Waals surface area contributed by atoms with Crippen LogP contribution in [0.4, 0.5) is 11.4 Å². The standard InChI is InChI=1S/C11H16N2O2S/c1-2-16(14,15)13-8-4-5-9-10(12)6-3-7-11(9)13/h3,6-7H,2,4-5,8,12H2,1H3. The van der Waals surface area contributed by atoms with Gasteiger partial charge in [-0.25, -0.2) is 8.42 Å². The van der Waals surface area contributed by atoms with E-state index in [0.29, 0.717) is 12.2 Å². The van der Waals surface area contributed by atoms with Crippen LogP contribution in [0.3, 0.4) is 0 Å². The van der Waals surface area contributed by atoms with Crippen LogP contribution in [0.5, 0.6) is 0 Å². The second-order valence-corrected chi connectivity index (χ2v) is 6.10. The number of nitrogens with zero attached hydrogens (tertiary/aromatic N) is 1. The minimum atomic E-state index is -3.17. The highest BCUT2D eigenvalue weighted by Crippen LogP contribution is 2.32. The van der Waals surface area contributed by atoms with Crippen LogP contribution in [0.2, 0.25) is 0 Å². The summed E-state index contributed by atoms with van der Waals surface area (Å²) in [6.45, 7) is 2.22. The molecular formula is C11H16N2O2S. The molecule has 0 fully saturated rings. The molecule has 1 aromatic rings. The normalized spacial score (nSPS) is 15.9. The molecule has 0 radical (unpaired) electrons. The van der Waals surface area contributed by atoms with Gasteiger partial charge in [0.15, 0.2) is 0 Å². The summed E-state index contributed by atoms with van der Waals surface area (Å²) in [4.78, 5) is 0. The lowest BCUT2D eigenvalue weighted by Gasteiger charge is -2.30. The second-order valence-electron chi connectivity index (χ2n) is 3.92. The van der Waals surface area contributed by atoms with Crippen molar-refractivity contribution in [3.8, 4) is 0 Å². The highest BCUT2D eigenvalue weighted by Gasteiger charge is 2.26. The Bertz CT molecular complexity index is 497. The van der Waals surface area contributed by atoms with E-state index < -0.39 is 10.0 Å². The number of hydrogen-bond donors (Lipinski definition) is 1. The third-order valence-corrected chi connectivity index (χ3v) is 4.73. The lowest BCUT2D eigenvalue weighted by atomic mass is 10.0. The van der Waals surface area contributed by atoms with Crippen molar-refractivity contribution in [3.05, 3.63) is 23.8 Å². The fourth-order valence-corrected chi connectivity index (χ4v) is 3.25. The molecule has 1 heterocycles. The van der Waals surface area contributed by atoms with Crippen LogP contribution < -0.4 is 10.0 Å². The van der Waals surface area contributed by atoms with Crippen LogP contribution in [0.1, 0.15) is 18.9 Å². The molecule has 0 aliphatic carbocycles. The maximum Gasteiger partial charge on any atom is 0.234 e.